The van der Waals surface area contributed by atoms with Crippen molar-refractivity contribution in [2.24, 2.45) is 0 Å². The second-order valence-electron chi connectivity index (χ2n) is 6.56. The Morgan fingerprint density at radius 1 is 1.30 bits per heavy atom. The van der Waals surface area contributed by atoms with Gasteiger partial charge in [-0.25, -0.2) is 14.6 Å². The maximum atomic E-state index is 13.2. The van der Waals surface area contributed by atoms with Crippen molar-refractivity contribution < 1.29 is 23.9 Å². The number of ether oxygens (including phenoxy) is 2. The number of aromatic amines is 1. The van der Waals surface area contributed by atoms with Gasteiger partial charge in [-0.3, -0.25) is 4.79 Å². The lowest BCUT2D eigenvalue weighted by atomic mass is 9.96. The largest absolute Gasteiger partial charge is 0.469 e. The maximum absolute atomic E-state index is 13.2. The summed E-state index contributed by atoms with van der Waals surface area (Å²) in [4.78, 5) is 45.8. The minimum Gasteiger partial charge on any atom is -0.469 e. The minimum atomic E-state index is -1.20. The van der Waals surface area contributed by atoms with Crippen LogP contribution in [0.25, 0.3) is 0 Å². The number of amides is 2. The zero-order valence-corrected chi connectivity index (χ0v) is 17.8. The molecule has 1 aromatic heterocycles. The van der Waals surface area contributed by atoms with E-state index >= 15 is 0 Å². The lowest BCUT2D eigenvalue weighted by Crippen LogP contribution is -2.52. The summed E-state index contributed by atoms with van der Waals surface area (Å²) in [6, 6.07) is 2.72. The molecule has 2 amide bonds. The first-order chi connectivity index (χ1) is 14.4. The number of carbonyl (C=O) groups is 3. The number of urea groups is 1. The molecule has 1 aliphatic rings. The number of rotatable bonds is 5. The second-order valence-corrected chi connectivity index (χ2v) is 7.35. The molecule has 0 unspecified atom stereocenters. The summed E-state index contributed by atoms with van der Waals surface area (Å²) in [5.41, 5.74) is 2.09. The van der Waals surface area contributed by atoms with Crippen molar-refractivity contribution in [2.75, 3.05) is 20.8 Å². The molecule has 2 aromatic rings. The van der Waals surface area contributed by atoms with Gasteiger partial charge in [-0.2, -0.15) is 0 Å². The van der Waals surface area contributed by atoms with Crippen molar-refractivity contribution in [1.82, 2.24) is 20.2 Å². The fraction of sp³-hybridized carbons (Fsp3) is 0.368. The molecule has 0 bridgehead atoms. The van der Waals surface area contributed by atoms with Gasteiger partial charge in [0.05, 0.1) is 42.7 Å². The van der Waals surface area contributed by atoms with Gasteiger partial charge < -0.3 is 24.7 Å². The van der Waals surface area contributed by atoms with E-state index in [0.717, 1.165) is 5.69 Å². The van der Waals surface area contributed by atoms with Crippen LogP contribution in [0, 0.1) is 0 Å². The third-order valence-corrected chi connectivity index (χ3v) is 5.68. The molecule has 0 aliphatic carbocycles. The van der Waals surface area contributed by atoms with E-state index in [0.29, 0.717) is 34.3 Å². The van der Waals surface area contributed by atoms with Crippen molar-refractivity contribution in [1.29, 1.82) is 0 Å². The number of hydrogen-bond acceptors (Lipinski definition) is 6. The van der Waals surface area contributed by atoms with Crippen molar-refractivity contribution in [3.05, 3.63) is 51.5 Å². The number of nitrogens with one attached hydrogen (secondary N) is 2. The summed E-state index contributed by atoms with van der Waals surface area (Å²) in [6.07, 6.45) is 1.71. The molecule has 0 fully saturated rings. The molecule has 11 heteroatoms. The van der Waals surface area contributed by atoms with Crippen LogP contribution in [0.4, 0.5) is 4.79 Å². The van der Waals surface area contributed by atoms with Crippen LogP contribution in [-0.2, 0) is 25.5 Å². The van der Waals surface area contributed by atoms with Crippen molar-refractivity contribution in [3.8, 4) is 0 Å². The van der Waals surface area contributed by atoms with Gasteiger partial charge in [0.25, 0.3) is 0 Å². The molecule has 9 nitrogen and oxygen atoms in total. The topological polar surface area (TPSA) is 114 Å². The van der Waals surface area contributed by atoms with Crippen molar-refractivity contribution >= 4 is 41.2 Å². The standard InChI is InChI=1S/C19H20Cl2N4O5/c1-29-14(26)8-13(18(27)30-2)24-19(28)25-7-6-12-16(23-9-22-12)17(25)10-4-3-5-11(20)15(10)21/h3-5,9,13,17H,6-8H2,1-2H3,(H,22,23)(H,24,28)/t13-,17+/m0/s1. The molecular formula is C19H20Cl2N4O5. The Morgan fingerprint density at radius 3 is 2.77 bits per heavy atom. The highest BCUT2D eigenvalue weighted by atomic mass is 35.5. The third-order valence-electron chi connectivity index (χ3n) is 4.84. The Morgan fingerprint density at radius 2 is 2.07 bits per heavy atom. The van der Waals surface area contributed by atoms with Crippen LogP contribution in [-0.4, -0.2) is 59.6 Å². The molecule has 160 valence electrons. The first kappa shape index (κ1) is 21.9. The number of imidazole rings is 1. The quantitative estimate of drug-likeness (QED) is 0.670. The van der Waals surface area contributed by atoms with Crippen molar-refractivity contribution in [3.63, 3.8) is 0 Å². The monoisotopic (exact) mass is 454 g/mol. The smallest absolute Gasteiger partial charge is 0.329 e. The molecule has 3 rings (SSSR count). The summed E-state index contributed by atoms with van der Waals surface area (Å²) < 4.78 is 9.30. The van der Waals surface area contributed by atoms with Gasteiger partial charge in [-0.05, 0) is 6.07 Å². The number of carbonyl (C=O) groups excluding carboxylic acids is 3. The van der Waals surface area contributed by atoms with Crippen LogP contribution >= 0.6 is 23.2 Å². The number of halogens is 2. The van der Waals surface area contributed by atoms with E-state index in [1.54, 1.807) is 24.5 Å². The molecule has 0 spiro atoms. The average Bonchev–Trinajstić information content (AvgIpc) is 3.22. The molecule has 1 aliphatic heterocycles. The number of benzene rings is 1. The van der Waals surface area contributed by atoms with Crippen molar-refractivity contribution in [2.45, 2.75) is 24.9 Å². The third kappa shape index (κ3) is 4.36. The summed E-state index contributed by atoms with van der Waals surface area (Å²) in [5, 5.41) is 3.20. The maximum Gasteiger partial charge on any atom is 0.329 e. The van der Waals surface area contributed by atoms with E-state index < -0.39 is 30.1 Å². The Kier molecular flexibility index (Phi) is 6.84. The first-order valence-corrected chi connectivity index (χ1v) is 9.80. The molecule has 2 heterocycles. The van der Waals surface area contributed by atoms with Gasteiger partial charge in [0.15, 0.2) is 0 Å². The Bertz CT molecular complexity index is 964. The van der Waals surface area contributed by atoms with Gasteiger partial charge in [0, 0.05) is 24.2 Å². The second kappa shape index (κ2) is 9.36. The van der Waals surface area contributed by atoms with Crippen LogP contribution in [0.1, 0.15) is 29.4 Å². The summed E-state index contributed by atoms with van der Waals surface area (Å²) >= 11 is 12.6. The predicted molar refractivity (Wildman–Crippen MR) is 108 cm³/mol. The van der Waals surface area contributed by atoms with Gasteiger partial charge in [-0.1, -0.05) is 35.3 Å². The summed E-state index contributed by atoms with van der Waals surface area (Å²) in [7, 11) is 2.36. The first-order valence-electron chi connectivity index (χ1n) is 9.05. The summed E-state index contributed by atoms with van der Waals surface area (Å²) in [6.45, 7) is 0.320. The highest BCUT2D eigenvalue weighted by Crippen LogP contribution is 2.39. The summed E-state index contributed by atoms with van der Waals surface area (Å²) in [5.74, 6) is -1.42. The lowest BCUT2D eigenvalue weighted by Gasteiger charge is -2.36. The zero-order chi connectivity index (χ0) is 21.8. The number of hydrogen-bond donors (Lipinski definition) is 2. The normalized spacial score (nSPS) is 16.4. The van der Waals surface area contributed by atoms with E-state index in [1.807, 2.05) is 0 Å². The molecular weight excluding hydrogens is 435 g/mol. The van der Waals surface area contributed by atoms with E-state index in [4.69, 9.17) is 27.9 Å². The predicted octanol–water partition coefficient (Wildman–Crippen LogP) is 2.48. The van der Waals surface area contributed by atoms with Crippen LogP contribution in [0.5, 0.6) is 0 Å². The van der Waals surface area contributed by atoms with Crippen LogP contribution in [0.2, 0.25) is 10.0 Å². The Labute approximate surface area is 182 Å². The average molecular weight is 455 g/mol. The molecule has 0 saturated heterocycles. The number of methoxy groups -OCH3 is 2. The van der Waals surface area contributed by atoms with Gasteiger partial charge in [0.2, 0.25) is 0 Å². The molecule has 1 aromatic carbocycles. The molecule has 0 saturated carbocycles. The number of fused-ring (bicyclic) bond motifs is 1. The molecule has 0 radical (unpaired) electrons. The van der Waals surface area contributed by atoms with Gasteiger partial charge >= 0.3 is 18.0 Å². The minimum absolute atomic E-state index is 0.303. The Balaban J connectivity index is 1.94. The number of H-pyrrole nitrogens is 1. The van der Waals surface area contributed by atoms with E-state index in [-0.39, 0.29) is 6.42 Å². The van der Waals surface area contributed by atoms with Crippen LogP contribution < -0.4 is 5.32 Å². The Hall–Kier alpha value is -2.78. The zero-order valence-electron chi connectivity index (χ0n) is 16.3. The van der Waals surface area contributed by atoms with Gasteiger partial charge in [-0.15, -0.1) is 0 Å². The van der Waals surface area contributed by atoms with E-state index in [9.17, 15) is 14.4 Å². The van der Waals surface area contributed by atoms with Crippen LogP contribution in [0.15, 0.2) is 24.5 Å². The van der Waals surface area contributed by atoms with Crippen LogP contribution in [0.3, 0.4) is 0 Å². The van der Waals surface area contributed by atoms with Gasteiger partial charge in [0.1, 0.15) is 12.1 Å². The number of esters is 2. The lowest BCUT2D eigenvalue weighted by molar-refractivity contribution is -0.149. The fourth-order valence-electron chi connectivity index (χ4n) is 3.36. The molecule has 2 N–H and O–H groups in total. The molecule has 2 atom stereocenters. The highest BCUT2D eigenvalue weighted by molar-refractivity contribution is 6.42. The van der Waals surface area contributed by atoms with E-state index in [2.05, 4.69) is 20.0 Å². The molecule has 30 heavy (non-hydrogen) atoms. The fourth-order valence-corrected chi connectivity index (χ4v) is 3.77. The number of nitrogens with zero attached hydrogens (tertiary/aromatic N) is 2. The number of aromatic nitrogens is 2. The highest BCUT2D eigenvalue weighted by Gasteiger charge is 2.37. The SMILES string of the molecule is COC(=O)C[C@H](NC(=O)N1CCc2[nH]cnc2[C@H]1c1cccc(Cl)c1Cl)C(=O)OC. The van der Waals surface area contributed by atoms with E-state index in [1.165, 1.54) is 19.1 Å².